The summed E-state index contributed by atoms with van der Waals surface area (Å²) in [5.74, 6) is 0.209. The van der Waals surface area contributed by atoms with Crippen LogP contribution in [0.25, 0.3) is 0 Å². The van der Waals surface area contributed by atoms with Gasteiger partial charge in [0.15, 0.2) is 0 Å². The number of likely N-dealkylation sites (N-methyl/N-ethyl adjacent to an activating group) is 2. The molecular formula is C13H19FN2O2. The molecule has 100 valence electrons. The van der Waals surface area contributed by atoms with E-state index in [0.29, 0.717) is 17.9 Å². The Bertz CT molecular complexity index is 410. The van der Waals surface area contributed by atoms with E-state index in [1.165, 1.54) is 19.2 Å². The van der Waals surface area contributed by atoms with Gasteiger partial charge in [0.2, 0.25) is 5.91 Å². The van der Waals surface area contributed by atoms with E-state index < -0.39 is 0 Å². The lowest BCUT2D eigenvalue weighted by molar-refractivity contribution is -0.129. The SMILES string of the molecule is CCNCC(=O)N(C)Cc1cc(F)ccc1OC. The minimum absolute atomic E-state index is 0.0387. The third-order valence-corrected chi connectivity index (χ3v) is 2.60. The second-order valence-electron chi connectivity index (χ2n) is 3.99. The number of halogens is 1. The van der Waals surface area contributed by atoms with Crippen LogP contribution in [0, 0.1) is 5.82 Å². The van der Waals surface area contributed by atoms with Crippen molar-refractivity contribution in [1.29, 1.82) is 0 Å². The van der Waals surface area contributed by atoms with E-state index in [1.807, 2.05) is 6.92 Å². The highest BCUT2D eigenvalue weighted by molar-refractivity contribution is 5.78. The number of rotatable bonds is 6. The van der Waals surface area contributed by atoms with E-state index in [0.717, 1.165) is 6.54 Å². The van der Waals surface area contributed by atoms with E-state index in [4.69, 9.17) is 4.74 Å². The van der Waals surface area contributed by atoms with Crippen molar-refractivity contribution in [1.82, 2.24) is 10.2 Å². The normalized spacial score (nSPS) is 10.2. The molecule has 0 aromatic heterocycles. The number of benzene rings is 1. The molecule has 0 radical (unpaired) electrons. The number of carbonyl (C=O) groups is 1. The fraction of sp³-hybridized carbons (Fsp3) is 0.462. The quantitative estimate of drug-likeness (QED) is 0.834. The number of carbonyl (C=O) groups excluding carboxylic acids is 1. The molecule has 0 aliphatic heterocycles. The van der Waals surface area contributed by atoms with Gasteiger partial charge in [-0.05, 0) is 24.7 Å². The number of hydrogen-bond donors (Lipinski definition) is 1. The minimum Gasteiger partial charge on any atom is -0.496 e. The molecule has 1 amide bonds. The van der Waals surface area contributed by atoms with Gasteiger partial charge in [-0.15, -0.1) is 0 Å². The van der Waals surface area contributed by atoms with Gasteiger partial charge in [0, 0.05) is 19.2 Å². The average molecular weight is 254 g/mol. The van der Waals surface area contributed by atoms with Gasteiger partial charge in [0.05, 0.1) is 13.7 Å². The van der Waals surface area contributed by atoms with Crippen LogP contribution in [0.3, 0.4) is 0 Å². The zero-order valence-electron chi connectivity index (χ0n) is 11.0. The van der Waals surface area contributed by atoms with Gasteiger partial charge in [0.1, 0.15) is 11.6 Å². The van der Waals surface area contributed by atoms with Crippen molar-refractivity contribution in [2.24, 2.45) is 0 Å². The van der Waals surface area contributed by atoms with Crippen LogP contribution in [0.1, 0.15) is 12.5 Å². The van der Waals surface area contributed by atoms with Crippen molar-refractivity contribution in [3.05, 3.63) is 29.6 Å². The summed E-state index contributed by atoms with van der Waals surface area (Å²) in [5, 5.41) is 2.96. The molecule has 0 bridgehead atoms. The molecule has 0 saturated heterocycles. The summed E-state index contributed by atoms with van der Waals surface area (Å²) in [5.41, 5.74) is 0.657. The van der Waals surface area contributed by atoms with E-state index in [2.05, 4.69) is 5.32 Å². The van der Waals surface area contributed by atoms with Crippen LogP contribution in [0.2, 0.25) is 0 Å². The molecule has 1 N–H and O–H groups in total. The first-order chi connectivity index (χ1) is 8.58. The molecule has 0 aliphatic carbocycles. The Kier molecular flexibility index (Phi) is 5.58. The molecule has 1 aromatic rings. The standard InChI is InChI=1S/C13H19FN2O2/c1-4-15-8-13(17)16(2)9-10-7-11(14)5-6-12(10)18-3/h5-7,15H,4,8-9H2,1-3H3. The predicted molar refractivity (Wildman–Crippen MR) is 68.0 cm³/mol. The molecule has 1 rings (SSSR count). The van der Waals surface area contributed by atoms with Crippen molar-refractivity contribution in [3.63, 3.8) is 0 Å². The molecular weight excluding hydrogens is 235 g/mol. The first-order valence-corrected chi connectivity index (χ1v) is 5.85. The van der Waals surface area contributed by atoms with E-state index >= 15 is 0 Å². The number of ether oxygens (including phenoxy) is 1. The van der Waals surface area contributed by atoms with Crippen LogP contribution < -0.4 is 10.1 Å². The van der Waals surface area contributed by atoms with Gasteiger partial charge >= 0.3 is 0 Å². The van der Waals surface area contributed by atoms with Crippen LogP contribution in [0.5, 0.6) is 5.75 Å². The maximum Gasteiger partial charge on any atom is 0.236 e. The van der Waals surface area contributed by atoms with Gasteiger partial charge in [-0.2, -0.15) is 0 Å². The van der Waals surface area contributed by atoms with Crippen LogP contribution in [-0.4, -0.2) is 38.1 Å². The second-order valence-corrected chi connectivity index (χ2v) is 3.99. The summed E-state index contributed by atoms with van der Waals surface area (Å²) >= 11 is 0. The summed E-state index contributed by atoms with van der Waals surface area (Å²) in [4.78, 5) is 13.3. The van der Waals surface area contributed by atoms with Gasteiger partial charge < -0.3 is 15.0 Å². The fourth-order valence-corrected chi connectivity index (χ4v) is 1.58. The Labute approximate surface area is 107 Å². The third-order valence-electron chi connectivity index (χ3n) is 2.60. The number of nitrogens with one attached hydrogen (secondary N) is 1. The number of amides is 1. The van der Waals surface area contributed by atoms with Crippen molar-refractivity contribution in [3.8, 4) is 5.75 Å². The van der Waals surface area contributed by atoms with E-state index in [-0.39, 0.29) is 18.3 Å². The maximum atomic E-state index is 13.2. The molecule has 0 heterocycles. The zero-order chi connectivity index (χ0) is 13.5. The lowest BCUT2D eigenvalue weighted by Crippen LogP contribution is -2.35. The molecule has 0 aliphatic rings. The lowest BCUT2D eigenvalue weighted by Gasteiger charge is -2.19. The minimum atomic E-state index is -0.335. The summed E-state index contributed by atoms with van der Waals surface area (Å²) in [7, 11) is 3.21. The third kappa shape index (κ3) is 4.00. The largest absolute Gasteiger partial charge is 0.496 e. The molecule has 18 heavy (non-hydrogen) atoms. The van der Waals surface area contributed by atoms with Gasteiger partial charge in [-0.1, -0.05) is 6.92 Å². The van der Waals surface area contributed by atoms with Gasteiger partial charge in [-0.3, -0.25) is 4.79 Å². The maximum absolute atomic E-state index is 13.2. The number of nitrogens with zero attached hydrogens (tertiary/aromatic N) is 1. The Morgan fingerprint density at radius 1 is 1.50 bits per heavy atom. The highest BCUT2D eigenvalue weighted by atomic mass is 19.1. The molecule has 5 heteroatoms. The fourth-order valence-electron chi connectivity index (χ4n) is 1.58. The van der Waals surface area contributed by atoms with E-state index in [9.17, 15) is 9.18 Å². The zero-order valence-corrected chi connectivity index (χ0v) is 11.0. The number of methoxy groups -OCH3 is 1. The highest BCUT2D eigenvalue weighted by Gasteiger charge is 2.12. The Morgan fingerprint density at radius 3 is 2.83 bits per heavy atom. The Balaban J connectivity index is 2.71. The monoisotopic (exact) mass is 254 g/mol. The van der Waals surface area contributed by atoms with Gasteiger partial charge in [-0.25, -0.2) is 4.39 Å². The van der Waals surface area contributed by atoms with Crippen molar-refractivity contribution < 1.29 is 13.9 Å². The van der Waals surface area contributed by atoms with Crippen LogP contribution >= 0.6 is 0 Å². The Morgan fingerprint density at radius 2 is 2.22 bits per heavy atom. The summed E-state index contributed by atoms with van der Waals surface area (Å²) < 4.78 is 18.3. The van der Waals surface area contributed by atoms with Crippen LogP contribution in [0.15, 0.2) is 18.2 Å². The average Bonchev–Trinajstić information content (AvgIpc) is 2.36. The highest BCUT2D eigenvalue weighted by Crippen LogP contribution is 2.20. The molecule has 0 fully saturated rings. The first kappa shape index (κ1) is 14.4. The number of hydrogen-bond acceptors (Lipinski definition) is 3. The first-order valence-electron chi connectivity index (χ1n) is 5.85. The summed E-state index contributed by atoms with van der Waals surface area (Å²) in [6.07, 6.45) is 0. The van der Waals surface area contributed by atoms with Crippen molar-refractivity contribution >= 4 is 5.91 Å². The van der Waals surface area contributed by atoms with Crippen molar-refractivity contribution in [2.75, 3.05) is 27.2 Å². The summed E-state index contributed by atoms with van der Waals surface area (Å²) in [6, 6.07) is 4.28. The molecule has 0 unspecified atom stereocenters. The predicted octanol–water partition coefficient (Wildman–Crippen LogP) is 1.40. The molecule has 0 spiro atoms. The van der Waals surface area contributed by atoms with E-state index in [1.54, 1.807) is 18.0 Å². The lowest BCUT2D eigenvalue weighted by atomic mass is 10.2. The van der Waals surface area contributed by atoms with Gasteiger partial charge in [0.25, 0.3) is 0 Å². The molecule has 4 nitrogen and oxygen atoms in total. The molecule has 1 aromatic carbocycles. The molecule has 0 saturated carbocycles. The van der Waals surface area contributed by atoms with Crippen LogP contribution in [-0.2, 0) is 11.3 Å². The van der Waals surface area contributed by atoms with Crippen LogP contribution in [0.4, 0.5) is 4.39 Å². The Hall–Kier alpha value is -1.62. The van der Waals surface area contributed by atoms with Crippen molar-refractivity contribution in [2.45, 2.75) is 13.5 Å². The smallest absolute Gasteiger partial charge is 0.236 e. The molecule has 0 atom stereocenters. The topological polar surface area (TPSA) is 41.6 Å². The second kappa shape index (κ2) is 6.96. The summed E-state index contributed by atoms with van der Waals surface area (Å²) in [6.45, 7) is 3.28.